The highest BCUT2D eigenvalue weighted by atomic mass is 15.1. The molecular formula is C11H22N2. The van der Waals surface area contributed by atoms with E-state index in [2.05, 4.69) is 11.9 Å². The van der Waals surface area contributed by atoms with Crippen molar-refractivity contribution in [1.29, 1.82) is 0 Å². The Morgan fingerprint density at radius 1 is 1.15 bits per heavy atom. The maximum absolute atomic E-state index is 6.32. The van der Waals surface area contributed by atoms with E-state index in [0.717, 1.165) is 11.8 Å². The Balaban J connectivity index is 1.85. The minimum atomic E-state index is 0.493. The van der Waals surface area contributed by atoms with Crippen LogP contribution < -0.4 is 5.73 Å². The van der Waals surface area contributed by atoms with Crippen molar-refractivity contribution >= 4 is 0 Å². The predicted molar refractivity (Wildman–Crippen MR) is 55.5 cm³/mol. The second-order valence-electron chi connectivity index (χ2n) is 4.93. The molecule has 1 aliphatic carbocycles. The Kier molecular flexibility index (Phi) is 2.89. The van der Waals surface area contributed by atoms with Crippen molar-refractivity contribution in [1.82, 2.24) is 4.90 Å². The highest BCUT2D eigenvalue weighted by Crippen LogP contribution is 2.32. The lowest BCUT2D eigenvalue weighted by Gasteiger charge is -2.24. The molecule has 2 atom stereocenters. The maximum atomic E-state index is 6.32. The fourth-order valence-corrected chi connectivity index (χ4v) is 3.01. The van der Waals surface area contributed by atoms with Gasteiger partial charge in [-0.15, -0.1) is 0 Å². The second-order valence-corrected chi connectivity index (χ2v) is 4.93. The molecule has 2 rings (SSSR count). The third kappa shape index (κ3) is 2.05. The number of likely N-dealkylation sites (tertiary alicyclic amines) is 1. The molecule has 2 N–H and O–H groups in total. The van der Waals surface area contributed by atoms with E-state index in [1.54, 1.807) is 0 Å². The van der Waals surface area contributed by atoms with Gasteiger partial charge in [0.1, 0.15) is 0 Å². The van der Waals surface area contributed by atoms with Gasteiger partial charge in [0.15, 0.2) is 0 Å². The van der Waals surface area contributed by atoms with Crippen LogP contribution in [0.3, 0.4) is 0 Å². The van der Waals surface area contributed by atoms with Crippen LogP contribution in [0.5, 0.6) is 0 Å². The zero-order chi connectivity index (χ0) is 9.26. The molecule has 2 fully saturated rings. The first-order chi connectivity index (χ1) is 6.27. The predicted octanol–water partition coefficient (Wildman–Crippen LogP) is 1.46. The summed E-state index contributed by atoms with van der Waals surface area (Å²) in [6.45, 7) is 2.49. The van der Waals surface area contributed by atoms with E-state index >= 15 is 0 Å². The summed E-state index contributed by atoms with van der Waals surface area (Å²) in [4.78, 5) is 2.42. The standard InChI is InChI=1S/C11H22N2/c1-13-7-6-10(8-13)11(12)9-4-2-3-5-9/h9-11H,2-8,12H2,1H3. The number of hydrogen-bond donors (Lipinski definition) is 1. The SMILES string of the molecule is CN1CCC(C(N)C2CCCC2)C1. The van der Waals surface area contributed by atoms with Crippen molar-refractivity contribution in [3.63, 3.8) is 0 Å². The largest absolute Gasteiger partial charge is 0.327 e. The monoisotopic (exact) mass is 182 g/mol. The van der Waals surface area contributed by atoms with E-state index in [9.17, 15) is 0 Å². The molecule has 0 aromatic rings. The molecule has 0 bridgehead atoms. The molecule has 1 aliphatic heterocycles. The summed E-state index contributed by atoms with van der Waals surface area (Å²) in [6.07, 6.45) is 6.94. The molecule has 2 unspecified atom stereocenters. The lowest BCUT2D eigenvalue weighted by Crippen LogP contribution is -2.37. The first-order valence-corrected chi connectivity index (χ1v) is 5.71. The molecule has 1 heterocycles. The smallest absolute Gasteiger partial charge is 0.0108 e. The molecule has 0 spiro atoms. The van der Waals surface area contributed by atoms with Crippen molar-refractivity contribution in [3.05, 3.63) is 0 Å². The van der Waals surface area contributed by atoms with Gasteiger partial charge in [-0.25, -0.2) is 0 Å². The lowest BCUT2D eigenvalue weighted by molar-refractivity contribution is 0.304. The van der Waals surface area contributed by atoms with E-state index in [1.807, 2.05) is 0 Å². The van der Waals surface area contributed by atoms with Gasteiger partial charge in [0.2, 0.25) is 0 Å². The van der Waals surface area contributed by atoms with E-state index in [4.69, 9.17) is 5.73 Å². The van der Waals surface area contributed by atoms with Gasteiger partial charge in [-0.2, -0.15) is 0 Å². The molecule has 0 amide bonds. The van der Waals surface area contributed by atoms with Crippen LogP contribution in [0.1, 0.15) is 32.1 Å². The minimum Gasteiger partial charge on any atom is -0.327 e. The van der Waals surface area contributed by atoms with E-state index in [1.165, 1.54) is 45.2 Å². The van der Waals surface area contributed by atoms with Crippen LogP contribution in [0, 0.1) is 11.8 Å². The summed E-state index contributed by atoms with van der Waals surface area (Å²) >= 11 is 0. The molecule has 2 heteroatoms. The second kappa shape index (κ2) is 3.97. The third-order valence-electron chi connectivity index (χ3n) is 3.92. The highest BCUT2D eigenvalue weighted by Gasteiger charge is 2.31. The van der Waals surface area contributed by atoms with Crippen molar-refractivity contribution < 1.29 is 0 Å². The summed E-state index contributed by atoms with van der Waals surface area (Å²) in [6, 6.07) is 0.493. The van der Waals surface area contributed by atoms with Crippen LogP contribution in [0.25, 0.3) is 0 Å². The number of nitrogens with two attached hydrogens (primary N) is 1. The van der Waals surface area contributed by atoms with Crippen LogP contribution >= 0.6 is 0 Å². The van der Waals surface area contributed by atoms with Gasteiger partial charge in [-0.05, 0) is 44.7 Å². The lowest BCUT2D eigenvalue weighted by atomic mass is 9.87. The van der Waals surface area contributed by atoms with Crippen LogP contribution in [-0.4, -0.2) is 31.1 Å². The summed E-state index contributed by atoms with van der Waals surface area (Å²) in [5.74, 6) is 1.63. The highest BCUT2D eigenvalue weighted by molar-refractivity contribution is 4.88. The van der Waals surface area contributed by atoms with Crippen LogP contribution in [0.15, 0.2) is 0 Å². The van der Waals surface area contributed by atoms with Gasteiger partial charge in [0.05, 0.1) is 0 Å². The normalized spacial score (nSPS) is 34.2. The van der Waals surface area contributed by atoms with Crippen molar-refractivity contribution in [2.24, 2.45) is 17.6 Å². The van der Waals surface area contributed by atoms with Crippen molar-refractivity contribution in [3.8, 4) is 0 Å². The molecule has 0 radical (unpaired) electrons. The molecule has 1 saturated heterocycles. The molecule has 76 valence electrons. The summed E-state index contributed by atoms with van der Waals surface area (Å²) in [7, 11) is 2.21. The molecule has 0 aromatic carbocycles. The van der Waals surface area contributed by atoms with Crippen molar-refractivity contribution in [2.75, 3.05) is 20.1 Å². The Labute approximate surface area is 81.5 Å². The van der Waals surface area contributed by atoms with Crippen LogP contribution in [0.2, 0.25) is 0 Å². The fraction of sp³-hybridized carbons (Fsp3) is 1.00. The summed E-state index contributed by atoms with van der Waals surface area (Å²) < 4.78 is 0. The summed E-state index contributed by atoms with van der Waals surface area (Å²) in [5.41, 5.74) is 6.32. The molecule has 2 nitrogen and oxygen atoms in total. The van der Waals surface area contributed by atoms with Gasteiger partial charge < -0.3 is 10.6 Å². The van der Waals surface area contributed by atoms with E-state index in [-0.39, 0.29) is 0 Å². The Hall–Kier alpha value is -0.0800. The van der Waals surface area contributed by atoms with Gasteiger partial charge in [0, 0.05) is 12.6 Å². The number of hydrogen-bond acceptors (Lipinski definition) is 2. The van der Waals surface area contributed by atoms with Crippen LogP contribution in [-0.2, 0) is 0 Å². The third-order valence-corrected chi connectivity index (χ3v) is 3.92. The average Bonchev–Trinajstić information content (AvgIpc) is 2.72. The maximum Gasteiger partial charge on any atom is 0.0108 e. The minimum absolute atomic E-state index is 0.493. The van der Waals surface area contributed by atoms with Crippen molar-refractivity contribution in [2.45, 2.75) is 38.1 Å². The zero-order valence-electron chi connectivity index (χ0n) is 8.71. The quantitative estimate of drug-likeness (QED) is 0.700. The summed E-state index contributed by atoms with van der Waals surface area (Å²) in [5, 5.41) is 0. The van der Waals surface area contributed by atoms with Gasteiger partial charge in [-0.1, -0.05) is 12.8 Å². The van der Waals surface area contributed by atoms with Gasteiger partial charge in [0.25, 0.3) is 0 Å². The van der Waals surface area contributed by atoms with E-state index < -0.39 is 0 Å². The first kappa shape index (κ1) is 9.47. The Morgan fingerprint density at radius 3 is 2.38 bits per heavy atom. The fourth-order valence-electron chi connectivity index (χ4n) is 3.01. The first-order valence-electron chi connectivity index (χ1n) is 5.71. The molecule has 13 heavy (non-hydrogen) atoms. The molecule has 0 aromatic heterocycles. The molecule has 1 saturated carbocycles. The molecular weight excluding hydrogens is 160 g/mol. The Bertz CT molecular complexity index is 163. The number of rotatable bonds is 2. The topological polar surface area (TPSA) is 29.3 Å². The van der Waals surface area contributed by atoms with Crippen LogP contribution in [0.4, 0.5) is 0 Å². The van der Waals surface area contributed by atoms with Gasteiger partial charge in [-0.3, -0.25) is 0 Å². The van der Waals surface area contributed by atoms with E-state index in [0.29, 0.717) is 6.04 Å². The average molecular weight is 182 g/mol. The zero-order valence-corrected chi connectivity index (χ0v) is 8.71. The Morgan fingerprint density at radius 2 is 1.85 bits per heavy atom. The van der Waals surface area contributed by atoms with Gasteiger partial charge >= 0.3 is 0 Å². The number of nitrogens with zero attached hydrogens (tertiary/aromatic N) is 1. The molecule has 2 aliphatic rings.